The quantitative estimate of drug-likeness (QED) is 0.307. The van der Waals surface area contributed by atoms with Gasteiger partial charge in [-0.05, 0) is 31.0 Å². The Bertz CT molecular complexity index is 1260. The van der Waals surface area contributed by atoms with Gasteiger partial charge in [0.2, 0.25) is 17.4 Å². The number of carbonyl (C=O) groups is 2. The lowest BCUT2D eigenvalue weighted by Crippen LogP contribution is -2.37. The lowest BCUT2D eigenvalue weighted by atomic mass is 9.83. The van der Waals surface area contributed by atoms with Gasteiger partial charge in [0.1, 0.15) is 0 Å². The summed E-state index contributed by atoms with van der Waals surface area (Å²) in [6.45, 7) is 3.26. The van der Waals surface area contributed by atoms with E-state index in [1.165, 1.54) is 20.4 Å². The normalized spacial score (nSPS) is 14.0. The molecule has 1 fully saturated rings. The molecule has 0 radical (unpaired) electrons. The summed E-state index contributed by atoms with van der Waals surface area (Å²) in [5, 5.41) is 11.4. The highest BCUT2D eigenvalue weighted by atomic mass is 32.2. The van der Waals surface area contributed by atoms with Crippen molar-refractivity contribution in [1.29, 1.82) is 0 Å². The molecule has 4 rings (SSSR count). The highest BCUT2D eigenvalue weighted by Crippen LogP contribution is 2.53. The van der Waals surface area contributed by atoms with Crippen LogP contribution in [0.25, 0.3) is 0 Å². The molecule has 1 unspecified atom stereocenters. The number of ether oxygens (including phenoxy) is 3. The molecule has 1 N–H and O–H groups in total. The van der Waals surface area contributed by atoms with E-state index in [1.807, 2.05) is 47.0 Å². The number of hydrogen-bond acceptors (Lipinski definition) is 8. The molecule has 0 spiro atoms. The van der Waals surface area contributed by atoms with Crippen LogP contribution in [0, 0.1) is 6.92 Å². The van der Waals surface area contributed by atoms with Gasteiger partial charge in [0, 0.05) is 60.5 Å². The van der Waals surface area contributed by atoms with Crippen LogP contribution in [0.15, 0.2) is 54.9 Å². The number of nitrogens with zero attached hydrogens (tertiary/aromatic N) is 2. The minimum absolute atomic E-state index is 0.0578. The van der Waals surface area contributed by atoms with Crippen molar-refractivity contribution < 1.29 is 28.9 Å². The Labute approximate surface area is 226 Å². The van der Waals surface area contributed by atoms with Crippen LogP contribution in [0.1, 0.15) is 45.8 Å². The highest BCUT2D eigenvalue weighted by Gasteiger charge is 2.32. The molecular formula is C29H32N2O6S. The number of pyridine rings is 1. The van der Waals surface area contributed by atoms with Gasteiger partial charge in [-0.15, -0.1) is 0 Å². The van der Waals surface area contributed by atoms with Gasteiger partial charge in [0.15, 0.2) is 11.5 Å². The van der Waals surface area contributed by atoms with E-state index >= 15 is 0 Å². The Balaban J connectivity index is 1.77. The second-order valence-corrected chi connectivity index (χ2v) is 10.1. The molecule has 1 aliphatic rings. The number of aromatic nitrogens is 1. The number of methoxy groups -OCH3 is 2. The van der Waals surface area contributed by atoms with Crippen LogP contribution in [0.5, 0.6) is 23.0 Å². The summed E-state index contributed by atoms with van der Waals surface area (Å²) >= 11 is 1.85. The molecule has 1 aliphatic heterocycles. The third kappa shape index (κ3) is 5.88. The largest absolute Gasteiger partial charge is 0.504 e. The first-order valence-corrected chi connectivity index (χ1v) is 13.6. The highest BCUT2D eigenvalue weighted by molar-refractivity contribution is 7.99. The number of benzene rings is 2. The van der Waals surface area contributed by atoms with E-state index in [9.17, 15) is 14.7 Å². The van der Waals surface area contributed by atoms with Crippen LogP contribution in [-0.4, -0.2) is 65.7 Å². The van der Waals surface area contributed by atoms with Crippen molar-refractivity contribution in [3.05, 3.63) is 77.1 Å². The number of esters is 1. The van der Waals surface area contributed by atoms with Crippen LogP contribution in [0.2, 0.25) is 0 Å². The third-order valence-electron chi connectivity index (χ3n) is 6.69. The van der Waals surface area contributed by atoms with Crippen molar-refractivity contribution in [3.8, 4) is 23.0 Å². The van der Waals surface area contributed by atoms with Gasteiger partial charge in [0.05, 0.1) is 19.8 Å². The molecule has 0 saturated carbocycles. The Kier molecular flexibility index (Phi) is 9.12. The molecule has 1 aromatic heterocycles. The zero-order valence-corrected chi connectivity index (χ0v) is 22.6. The van der Waals surface area contributed by atoms with E-state index in [0.717, 1.165) is 30.2 Å². The minimum Gasteiger partial charge on any atom is -0.504 e. The maximum atomic E-state index is 13.1. The summed E-state index contributed by atoms with van der Waals surface area (Å²) in [7, 11) is 2.83. The number of thioether (sulfide) groups is 1. The number of carbonyl (C=O) groups excluding carboxylic acids is 2. The van der Waals surface area contributed by atoms with Gasteiger partial charge >= 0.3 is 5.97 Å². The molecule has 1 saturated heterocycles. The predicted molar refractivity (Wildman–Crippen MR) is 147 cm³/mol. The lowest BCUT2D eigenvalue weighted by Gasteiger charge is -2.28. The van der Waals surface area contributed by atoms with Crippen LogP contribution in [0.3, 0.4) is 0 Å². The van der Waals surface area contributed by atoms with Gasteiger partial charge in [-0.1, -0.05) is 30.3 Å². The second kappa shape index (κ2) is 12.7. The first-order valence-electron chi connectivity index (χ1n) is 12.5. The summed E-state index contributed by atoms with van der Waals surface area (Å²) < 4.78 is 16.9. The maximum absolute atomic E-state index is 13.1. The van der Waals surface area contributed by atoms with Crippen LogP contribution < -0.4 is 14.2 Å². The van der Waals surface area contributed by atoms with E-state index in [0.29, 0.717) is 24.0 Å². The van der Waals surface area contributed by atoms with Crippen LogP contribution >= 0.6 is 11.8 Å². The SMILES string of the molecule is COc1c(O)c(C(CCC(=O)N2CCSCC2)c2ccccc2)c(C)c(OC(=O)c2cccnc2)c1OC. The molecule has 2 heterocycles. The van der Waals surface area contributed by atoms with Crippen LogP contribution in [-0.2, 0) is 4.79 Å². The summed E-state index contributed by atoms with van der Waals surface area (Å²) in [6, 6.07) is 12.9. The lowest BCUT2D eigenvalue weighted by molar-refractivity contribution is -0.131. The Morgan fingerprint density at radius 2 is 1.74 bits per heavy atom. The van der Waals surface area contributed by atoms with E-state index < -0.39 is 5.97 Å². The summed E-state index contributed by atoms with van der Waals surface area (Å²) in [4.78, 5) is 31.9. The molecule has 38 heavy (non-hydrogen) atoms. The molecule has 0 bridgehead atoms. The first-order chi connectivity index (χ1) is 18.5. The molecule has 8 nitrogen and oxygen atoms in total. The van der Waals surface area contributed by atoms with Gasteiger partial charge in [0.25, 0.3) is 0 Å². The van der Waals surface area contributed by atoms with Gasteiger partial charge in [-0.25, -0.2) is 4.79 Å². The number of aromatic hydroxyl groups is 1. The molecule has 1 amide bonds. The number of phenolic OH excluding ortho intramolecular Hbond substituents is 1. The summed E-state index contributed by atoms with van der Waals surface area (Å²) in [6.07, 6.45) is 3.74. The summed E-state index contributed by atoms with van der Waals surface area (Å²) in [5.41, 5.74) is 2.23. The first kappa shape index (κ1) is 27.3. The third-order valence-corrected chi connectivity index (χ3v) is 7.63. The molecular weight excluding hydrogens is 504 g/mol. The Morgan fingerprint density at radius 3 is 2.37 bits per heavy atom. The number of hydrogen-bond donors (Lipinski definition) is 1. The minimum atomic E-state index is -0.618. The van der Waals surface area contributed by atoms with E-state index in [4.69, 9.17) is 14.2 Å². The Morgan fingerprint density at radius 1 is 1.03 bits per heavy atom. The molecule has 3 aromatic rings. The molecule has 0 aliphatic carbocycles. The smallest absolute Gasteiger partial charge is 0.345 e. The number of rotatable bonds is 9. The molecule has 200 valence electrons. The van der Waals surface area contributed by atoms with E-state index in [-0.39, 0.29) is 40.4 Å². The predicted octanol–water partition coefficient (Wildman–Crippen LogP) is 4.82. The fourth-order valence-electron chi connectivity index (χ4n) is 4.76. The fourth-order valence-corrected chi connectivity index (χ4v) is 5.67. The Hall–Kier alpha value is -3.72. The van der Waals surface area contributed by atoms with Gasteiger partial charge < -0.3 is 24.2 Å². The molecule has 2 aromatic carbocycles. The monoisotopic (exact) mass is 536 g/mol. The van der Waals surface area contributed by atoms with Crippen molar-refractivity contribution in [1.82, 2.24) is 9.88 Å². The average Bonchev–Trinajstić information content (AvgIpc) is 2.97. The van der Waals surface area contributed by atoms with Crippen molar-refractivity contribution in [2.45, 2.75) is 25.7 Å². The summed E-state index contributed by atoms with van der Waals surface area (Å²) in [5.74, 6) is 1.18. The van der Waals surface area contributed by atoms with Crippen molar-refractivity contribution in [2.24, 2.45) is 0 Å². The standard InChI is InChI=1S/C29H32N2O6S/c1-19-24(22(20-8-5-4-6-9-20)11-12-23(32)31-14-16-38-17-15-31)25(33)27(35-2)28(36-3)26(19)37-29(34)21-10-7-13-30-18-21/h4-10,13,18,22,33H,11-12,14-17H2,1-3H3. The maximum Gasteiger partial charge on any atom is 0.345 e. The zero-order chi connectivity index (χ0) is 27.1. The van der Waals surface area contributed by atoms with Crippen molar-refractivity contribution in [3.63, 3.8) is 0 Å². The number of phenols is 1. The topological polar surface area (TPSA) is 98.2 Å². The van der Waals surface area contributed by atoms with Gasteiger partial charge in [-0.2, -0.15) is 11.8 Å². The van der Waals surface area contributed by atoms with Crippen molar-refractivity contribution >= 4 is 23.6 Å². The average molecular weight is 537 g/mol. The van der Waals surface area contributed by atoms with Crippen LogP contribution in [0.4, 0.5) is 0 Å². The zero-order valence-electron chi connectivity index (χ0n) is 21.8. The fraction of sp³-hybridized carbons (Fsp3) is 0.345. The molecule has 9 heteroatoms. The van der Waals surface area contributed by atoms with Crippen molar-refractivity contribution in [2.75, 3.05) is 38.8 Å². The second-order valence-electron chi connectivity index (χ2n) is 8.91. The number of amides is 1. The van der Waals surface area contributed by atoms with Gasteiger partial charge in [-0.3, -0.25) is 9.78 Å². The van der Waals surface area contributed by atoms with E-state index in [2.05, 4.69) is 4.98 Å². The van der Waals surface area contributed by atoms with E-state index in [1.54, 1.807) is 25.3 Å². The molecule has 1 atom stereocenters.